The van der Waals surface area contributed by atoms with Crippen LogP contribution in [0.5, 0.6) is 11.5 Å². The smallest absolute Gasteiger partial charge is 0.308 e. The van der Waals surface area contributed by atoms with Gasteiger partial charge >= 0.3 is 6.03 Å². The minimum Gasteiger partial charge on any atom is -0.753 e. The Hall–Kier alpha value is -1.71. The van der Waals surface area contributed by atoms with E-state index in [0.717, 1.165) is 5.56 Å². The first-order valence-corrected chi connectivity index (χ1v) is 9.56. The molecule has 0 unspecified atom stereocenters. The van der Waals surface area contributed by atoms with Crippen LogP contribution >= 0.6 is 24.0 Å². The van der Waals surface area contributed by atoms with Crippen molar-refractivity contribution in [3.05, 3.63) is 29.0 Å². The van der Waals surface area contributed by atoms with E-state index in [1.54, 1.807) is 4.90 Å². The molecule has 1 aromatic rings. The van der Waals surface area contributed by atoms with E-state index in [2.05, 4.69) is 5.32 Å². The molecular formula is C17H22N3O4S2-. The average molecular weight is 397 g/mol. The number of ether oxygens (including phenoxy) is 2. The van der Waals surface area contributed by atoms with Gasteiger partial charge in [0.2, 0.25) is 6.79 Å². The van der Waals surface area contributed by atoms with Crippen molar-refractivity contribution in [1.82, 2.24) is 15.3 Å². The van der Waals surface area contributed by atoms with E-state index in [9.17, 15) is 10.0 Å². The molecule has 2 heterocycles. The van der Waals surface area contributed by atoms with Gasteiger partial charge in [0, 0.05) is 12.6 Å². The van der Waals surface area contributed by atoms with Crippen LogP contribution in [0.1, 0.15) is 33.3 Å². The van der Waals surface area contributed by atoms with Gasteiger partial charge < -0.3 is 30.0 Å². The quantitative estimate of drug-likeness (QED) is 0.618. The second-order valence-electron chi connectivity index (χ2n) is 7.09. The Labute approximate surface area is 162 Å². The standard InChI is InChI=1S/C17H22N3O4S2/c1-10(2)18-15(21)20(22)14-17(3,4)26-16(25)19(14)8-11-5-6-12-13(7-11)24-9-23-12/h5-7,10,14H,8-9H2,1-4H3,(H,18,21)/q-1/t14-/m0/s1. The number of fused-ring (bicyclic) bond motifs is 1. The first-order chi connectivity index (χ1) is 12.2. The molecule has 1 saturated heterocycles. The van der Waals surface area contributed by atoms with Crippen molar-refractivity contribution in [2.75, 3.05) is 6.79 Å². The summed E-state index contributed by atoms with van der Waals surface area (Å²) in [5.74, 6) is 1.37. The summed E-state index contributed by atoms with van der Waals surface area (Å²) in [6.45, 7) is 8.08. The van der Waals surface area contributed by atoms with E-state index in [0.29, 0.717) is 27.4 Å². The van der Waals surface area contributed by atoms with Gasteiger partial charge in [-0.05, 0) is 45.4 Å². The zero-order valence-electron chi connectivity index (χ0n) is 15.1. The van der Waals surface area contributed by atoms with Gasteiger partial charge in [-0.1, -0.05) is 30.0 Å². The summed E-state index contributed by atoms with van der Waals surface area (Å²) < 4.78 is 10.8. The first kappa shape index (κ1) is 19.1. The van der Waals surface area contributed by atoms with Crippen LogP contribution in [0, 0.1) is 5.21 Å². The molecule has 0 saturated carbocycles. The monoisotopic (exact) mass is 396 g/mol. The molecule has 0 aromatic heterocycles. The molecule has 7 nitrogen and oxygen atoms in total. The van der Waals surface area contributed by atoms with Gasteiger partial charge in [-0.15, -0.1) is 0 Å². The van der Waals surface area contributed by atoms with Crippen LogP contribution in [0.3, 0.4) is 0 Å². The number of urea groups is 1. The van der Waals surface area contributed by atoms with Gasteiger partial charge in [0.1, 0.15) is 10.5 Å². The van der Waals surface area contributed by atoms with E-state index in [1.165, 1.54) is 11.8 Å². The third-order valence-electron chi connectivity index (χ3n) is 4.13. The number of nitrogens with zero attached hydrogens (tertiary/aromatic N) is 2. The van der Waals surface area contributed by atoms with Crippen molar-refractivity contribution >= 4 is 34.3 Å². The molecule has 1 N–H and O–H groups in total. The highest BCUT2D eigenvalue weighted by molar-refractivity contribution is 8.24. The maximum atomic E-state index is 12.8. The molecule has 0 bridgehead atoms. The average Bonchev–Trinajstić information content (AvgIpc) is 3.08. The number of amides is 2. The second kappa shape index (κ2) is 7.13. The number of hydrogen-bond acceptors (Lipinski definition) is 6. The maximum Gasteiger partial charge on any atom is 0.308 e. The SMILES string of the molecule is CC(C)NC(=O)N([O-])[C@@H]1N(Cc2ccc3c(c2)OCO3)C(=S)SC1(C)C. The lowest BCUT2D eigenvalue weighted by molar-refractivity contribution is 0.127. The normalized spacial score (nSPS) is 20.6. The molecule has 0 radical (unpaired) electrons. The first-order valence-electron chi connectivity index (χ1n) is 8.34. The van der Waals surface area contributed by atoms with Crippen molar-refractivity contribution in [3.8, 4) is 11.5 Å². The molecule has 0 spiro atoms. The third kappa shape index (κ3) is 3.70. The van der Waals surface area contributed by atoms with Crippen LogP contribution in [-0.4, -0.2) is 44.1 Å². The van der Waals surface area contributed by atoms with E-state index in [1.807, 2.05) is 45.9 Å². The Kier molecular flexibility index (Phi) is 5.23. The summed E-state index contributed by atoms with van der Waals surface area (Å²) in [6.07, 6.45) is -0.704. The number of thiocarbonyl (C=S) groups is 1. The lowest BCUT2D eigenvalue weighted by Gasteiger charge is -2.45. The molecule has 1 atom stereocenters. The van der Waals surface area contributed by atoms with Crippen molar-refractivity contribution in [1.29, 1.82) is 0 Å². The summed E-state index contributed by atoms with van der Waals surface area (Å²) in [5, 5.41) is 15.9. The molecule has 3 rings (SSSR count). The number of thioether (sulfide) groups is 1. The van der Waals surface area contributed by atoms with Gasteiger partial charge in [0.05, 0.1) is 4.75 Å². The van der Waals surface area contributed by atoms with E-state index in [-0.39, 0.29) is 12.8 Å². The maximum absolute atomic E-state index is 12.8. The highest BCUT2D eigenvalue weighted by atomic mass is 32.2. The Morgan fingerprint density at radius 3 is 2.85 bits per heavy atom. The second-order valence-corrected chi connectivity index (χ2v) is 9.38. The van der Waals surface area contributed by atoms with Gasteiger partial charge in [0.15, 0.2) is 11.5 Å². The van der Waals surface area contributed by atoms with Crippen LogP contribution in [0.25, 0.3) is 0 Å². The summed E-state index contributed by atoms with van der Waals surface area (Å²) in [5.41, 5.74) is 0.928. The Morgan fingerprint density at radius 1 is 1.46 bits per heavy atom. The van der Waals surface area contributed by atoms with E-state index >= 15 is 0 Å². The Bertz CT molecular complexity index is 726. The molecule has 142 valence electrons. The molecule has 2 aliphatic rings. The van der Waals surface area contributed by atoms with Crippen LogP contribution in [0.2, 0.25) is 0 Å². The molecular weight excluding hydrogens is 374 g/mol. The molecule has 0 aliphatic carbocycles. The number of hydrogen-bond donors (Lipinski definition) is 1. The fraction of sp³-hybridized carbons (Fsp3) is 0.529. The third-order valence-corrected chi connectivity index (χ3v) is 5.76. The predicted molar refractivity (Wildman–Crippen MR) is 105 cm³/mol. The summed E-state index contributed by atoms with van der Waals surface area (Å²) in [6, 6.07) is 4.85. The van der Waals surface area contributed by atoms with Crippen molar-refractivity contribution in [3.63, 3.8) is 0 Å². The zero-order chi connectivity index (χ0) is 19.1. The summed E-state index contributed by atoms with van der Waals surface area (Å²) in [7, 11) is 0. The van der Waals surface area contributed by atoms with Crippen molar-refractivity contribution in [2.24, 2.45) is 0 Å². The van der Waals surface area contributed by atoms with E-state index < -0.39 is 16.9 Å². The zero-order valence-corrected chi connectivity index (χ0v) is 16.8. The predicted octanol–water partition coefficient (Wildman–Crippen LogP) is 3.27. The molecule has 2 aliphatic heterocycles. The fourth-order valence-corrected chi connectivity index (χ4v) is 4.90. The number of carbonyl (C=O) groups is 1. The Balaban J connectivity index is 1.83. The van der Waals surface area contributed by atoms with Gasteiger partial charge in [-0.2, -0.15) is 0 Å². The van der Waals surface area contributed by atoms with Crippen LogP contribution < -0.4 is 14.8 Å². The minimum atomic E-state index is -0.704. The number of hydroxylamine groups is 2. The largest absolute Gasteiger partial charge is 0.753 e. The molecule has 9 heteroatoms. The Morgan fingerprint density at radius 2 is 2.15 bits per heavy atom. The van der Waals surface area contributed by atoms with Crippen molar-refractivity contribution in [2.45, 2.75) is 51.2 Å². The van der Waals surface area contributed by atoms with Crippen LogP contribution in [0.15, 0.2) is 18.2 Å². The van der Waals surface area contributed by atoms with Crippen LogP contribution in [0.4, 0.5) is 4.79 Å². The lowest BCUT2D eigenvalue weighted by Crippen LogP contribution is -2.56. The molecule has 26 heavy (non-hydrogen) atoms. The highest BCUT2D eigenvalue weighted by Crippen LogP contribution is 2.44. The van der Waals surface area contributed by atoms with Gasteiger partial charge in [-0.3, -0.25) is 0 Å². The number of benzene rings is 1. The molecule has 1 fully saturated rings. The molecule has 2 amide bonds. The number of carbonyl (C=O) groups excluding carboxylic acids is 1. The molecule has 1 aromatic carbocycles. The summed E-state index contributed by atoms with van der Waals surface area (Å²) >= 11 is 6.92. The van der Waals surface area contributed by atoms with Crippen LogP contribution in [-0.2, 0) is 6.54 Å². The summed E-state index contributed by atoms with van der Waals surface area (Å²) in [4.78, 5) is 14.1. The topological polar surface area (TPSA) is 77.1 Å². The number of rotatable bonds is 4. The fourth-order valence-electron chi connectivity index (χ4n) is 3.03. The highest BCUT2D eigenvalue weighted by Gasteiger charge is 2.46. The number of nitrogens with one attached hydrogen (secondary N) is 1. The van der Waals surface area contributed by atoms with Gasteiger partial charge in [0.25, 0.3) is 0 Å². The van der Waals surface area contributed by atoms with Crippen molar-refractivity contribution < 1.29 is 14.3 Å². The van der Waals surface area contributed by atoms with E-state index in [4.69, 9.17) is 21.7 Å². The van der Waals surface area contributed by atoms with Gasteiger partial charge in [-0.25, -0.2) is 4.79 Å². The minimum absolute atomic E-state index is 0.120. The lowest BCUT2D eigenvalue weighted by atomic mass is 10.1.